The van der Waals surface area contributed by atoms with Gasteiger partial charge in [-0.25, -0.2) is 4.39 Å². The van der Waals surface area contributed by atoms with Crippen LogP contribution in [0.5, 0.6) is 0 Å². The van der Waals surface area contributed by atoms with Gasteiger partial charge in [-0.15, -0.1) is 0 Å². The van der Waals surface area contributed by atoms with Gasteiger partial charge in [0.1, 0.15) is 5.82 Å². The molecule has 2 nitrogen and oxygen atoms in total. The summed E-state index contributed by atoms with van der Waals surface area (Å²) in [6.07, 6.45) is -4.79. The second-order valence-electron chi connectivity index (χ2n) is 4.49. The molecule has 2 rings (SSSR count). The van der Waals surface area contributed by atoms with Crippen molar-refractivity contribution in [2.45, 2.75) is 12.6 Å². The van der Waals surface area contributed by atoms with E-state index in [4.69, 9.17) is 5.11 Å². The van der Waals surface area contributed by atoms with Crippen LogP contribution in [0.4, 0.5) is 17.6 Å². The summed E-state index contributed by atoms with van der Waals surface area (Å²) in [4.78, 5) is 10.6. The fraction of sp³-hybridized carbons (Fsp3) is 0.133. The maximum absolute atomic E-state index is 13.5. The average molecular weight is 298 g/mol. The number of aliphatic carboxylic acids is 1. The lowest BCUT2D eigenvalue weighted by Crippen LogP contribution is -2.04. The zero-order valence-electron chi connectivity index (χ0n) is 10.6. The Bertz CT molecular complexity index is 660. The molecule has 0 atom stereocenters. The van der Waals surface area contributed by atoms with Crippen LogP contribution in [-0.4, -0.2) is 11.1 Å². The second kappa shape index (κ2) is 5.55. The van der Waals surface area contributed by atoms with E-state index in [0.29, 0.717) is 11.1 Å². The number of rotatable bonds is 3. The third kappa shape index (κ3) is 3.81. The molecule has 0 aliphatic heterocycles. The number of carbonyl (C=O) groups is 1. The number of benzene rings is 2. The van der Waals surface area contributed by atoms with Crippen LogP contribution in [0.3, 0.4) is 0 Å². The normalized spacial score (nSPS) is 11.4. The summed E-state index contributed by atoms with van der Waals surface area (Å²) in [6, 6.07) is 7.92. The molecule has 1 N–H and O–H groups in total. The molecular formula is C15H10F4O2. The summed E-state index contributed by atoms with van der Waals surface area (Å²) in [5, 5.41) is 8.70. The van der Waals surface area contributed by atoms with Gasteiger partial charge in [0.15, 0.2) is 0 Å². The Kier molecular flexibility index (Phi) is 3.97. The molecule has 110 valence electrons. The first kappa shape index (κ1) is 15.0. The van der Waals surface area contributed by atoms with E-state index in [2.05, 4.69) is 0 Å². The minimum atomic E-state index is -4.44. The molecule has 2 aromatic rings. The minimum absolute atomic E-state index is 0.248. The van der Waals surface area contributed by atoms with Gasteiger partial charge in [-0.2, -0.15) is 13.2 Å². The minimum Gasteiger partial charge on any atom is -0.481 e. The molecule has 0 aliphatic rings. The van der Waals surface area contributed by atoms with E-state index < -0.39 is 23.5 Å². The highest BCUT2D eigenvalue weighted by atomic mass is 19.4. The lowest BCUT2D eigenvalue weighted by atomic mass is 10.0. The van der Waals surface area contributed by atoms with Crippen molar-refractivity contribution in [2.24, 2.45) is 0 Å². The molecule has 0 amide bonds. The molecule has 0 radical (unpaired) electrons. The number of carboxylic acid groups (broad SMARTS) is 1. The van der Waals surface area contributed by atoms with Crippen LogP contribution in [0, 0.1) is 5.82 Å². The first-order valence-corrected chi connectivity index (χ1v) is 5.94. The fourth-order valence-corrected chi connectivity index (χ4v) is 1.95. The van der Waals surface area contributed by atoms with Crippen molar-refractivity contribution in [3.8, 4) is 11.1 Å². The van der Waals surface area contributed by atoms with E-state index in [-0.39, 0.29) is 12.0 Å². The Morgan fingerprint density at radius 2 is 1.62 bits per heavy atom. The molecule has 2 aromatic carbocycles. The summed E-state index contributed by atoms with van der Waals surface area (Å²) in [7, 11) is 0. The maximum atomic E-state index is 13.5. The van der Waals surface area contributed by atoms with Crippen LogP contribution in [0.15, 0.2) is 42.5 Å². The molecule has 0 aromatic heterocycles. The third-order valence-corrected chi connectivity index (χ3v) is 2.86. The van der Waals surface area contributed by atoms with Crippen LogP contribution in [-0.2, 0) is 17.4 Å². The summed E-state index contributed by atoms with van der Waals surface area (Å²) < 4.78 is 50.9. The van der Waals surface area contributed by atoms with Gasteiger partial charge in [0.25, 0.3) is 0 Å². The highest BCUT2D eigenvalue weighted by Crippen LogP contribution is 2.31. The lowest BCUT2D eigenvalue weighted by molar-refractivity contribution is -0.138. The van der Waals surface area contributed by atoms with Crippen LogP contribution in [0.2, 0.25) is 0 Å². The topological polar surface area (TPSA) is 37.3 Å². The largest absolute Gasteiger partial charge is 0.481 e. The molecule has 0 spiro atoms. The van der Waals surface area contributed by atoms with E-state index in [0.717, 1.165) is 24.3 Å². The maximum Gasteiger partial charge on any atom is 0.416 e. The molecule has 0 heterocycles. The highest BCUT2D eigenvalue weighted by molar-refractivity contribution is 5.72. The van der Waals surface area contributed by atoms with E-state index in [9.17, 15) is 22.4 Å². The molecule has 0 saturated carbocycles. The van der Waals surface area contributed by atoms with Crippen LogP contribution >= 0.6 is 0 Å². The predicted molar refractivity (Wildman–Crippen MR) is 68.2 cm³/mol. The van der Waals surface area contributed by atoms with Gasteiger partial charge in [0.2, 0.25) is 0 Å². The quantitative estimate of drug-likeness (QED) is 0.865. The summed E-state index contributed by atoms with van der Waals surface area (Å²) in [6.45, 7) is 0. The van der Waals surface area contributed by atoms with E-state index in [1.807, 2.05) is 0 Å². The zero-order valence-corrected chi connectivity index (χ0v) is 10.6. The Morgan fingerprint density at radius 3 is 2.14 bits per heavy atom. The van der Waals surface area contributed by atoms with Gasteiger partial charge in [0, 0.05) is 0 Å². The molecular weight excluding hydrogens is 288 g/mol. The van der Waals surface area contributed by atoms with Gasteiger partial charge in [-0.3, -0.25) is 4.79 Å². The predicted octanol–water partition coefficient (Wildman–Crippen LogP) is 4.14. The van der Waals surface area contributed by atoms with Crippen molar-refractivity contribution in [3.63, 3.8) is 0 Å². The average Bonchev–Trinajstić information content (AvgIpc) is 2.36. The number of carboxylic acids is 1. The Hall–Kier alpha value is -2.37. The van der Waals surface area contributed by atoms with Crippen LogP contribution in [0.1, 0.15) is 11.1 Å². The zero-order chi connectivity index (χ0) is 15.6. The number of hydrogen-bond acceptors (Lipinski definition) is 1. The Balaban J connectivity index is 2.37. The summed E-state index contributed by atoms with van der Waals surface area (Å²) >= 11 is 0. The van der Waals surface area contributed by atoms with Crippen molar-refractivity contribution in [3.05, 3.63) is 59.4 Å². The van der Waals surface area contributed by atoms with Crippen molar-refractivity contribution >= 4 is 5.97 Å². The van der Waals surface area contributed by atoms with Crippen molar-refractivity contribution in [2.75, 3.05) is 0 Å². The van der Waals surface area contributed by atoms with E-state index >= 15 is 0 Å². The molecule has 6 heteroatoms. The highest BCUT2D eigenvalue weighted by Gasteiger charge is 2.29. The van der Waals surface area contributed by atoms with Gasteiger partial charge in [-0.1, -0.05) is 18.2 Å². The number of alkyl halides is 3. The molecule has 0 bridgehead atoms. The monoisotopic (exact) mass is 298 g/mol. The standard InChI is InChI=1S/C15H10F4O2/c16-13-6-9(7-14(20)21)5-11(8-13)10-1-3-12(4-2-10)15(17,18)19/h1-6,8H,7H2,(H,20,21). The Labute approximate surface area is 117 Å². The van der Waals surface area contributed by atoms with Crippen LogP contribution < -0.4 is 0 Å². The first-order valence-electron chi connectivity index (χ1n) is 5.94. The second-order valence-corrected chi connectivity index (χ2v) is 4.49. The van der Waals surface area contributed by atoms with E-state index in [1.54, 1.807) is 0 Å². The smallest absolute Gasteiger partial charge is 0.416 e. The van der Waals surface area contributed by atoms with Gasteiger partial charge in [0.05, 0.1) is 12.0 Å². The van der Waals surface area contributed by atoms with Gasteiger partial charge >= 0.3 is 12.1 Å². The fourth-order valence-electron chi connectivity index (χ4n) is 1.95. The SMILES string of the molecule is O=C(O)Cc1cc(F)cc(-c2ccc(C(F)(F)F)cc2)c1. The number of halogens is 4. The Morgan fingerprint density at radius 1 is 1.00 bits per heavy atom. The molecule has 0 saturated heterocycles. The van der Waals surface area contributed by atoms with Crippen molar-refractivity contribution < 1.29 is 27.5 Å². The van der Waals surface area contributed by atoms with Crippen molar-refractivity contribution in [1.82, 2.24) is 0 Å². The third-order valence-electron chi connectivity index (χ3n) is 2.86. The van der Waals surface area contributed by atoms with Gasteiger partial charge in [-0.05, 0) is 41.0 Å². The molecule has 0 unspecified atom stereocenters. The van der Waals surface area contributed by atoms with Gasteiger partial charge < -0.3 is 5.11 Å². The van der Waals surface area contributed by atoms with Crippen LogP contribution in [0.25, 0.3) is 11.1 Å². The first-order chi connectivity index (χ1) is 9.75. The summed E-state index contributed by atoms with van der Waals surface area (Å²) in [5.41, 5.74) is 0.167. The summed E-state index contributed by atoms with van der Waals surface area (Å²) in [5.74, 6) is -1.75. The van der Waals surface area contributed by atoms with Crippen molar-refractivity contribution in [1.29, 1.82) is 0 Å². The molecule has 0 fully saturated rings. The van der Waals surface area contributed by atoms with E-state index in [1.165, 1.54) is 18.2 Å². The molecule has 0 aliphatic carbocycles. The lowest BCUT2D eigenvalue weighted by Gasteiger charge is -2.09. The molecule has 21 heavy (non-hydrogen) atoms. The number of hydrogen-bond donors (Lipinski definition) is 1.